The maximum atomic E-state index is 13.7. The van der Waals surface area contributed by atoms with Crippen LogP contribution in [0.1, 0.15) is 41.7 Å². The highest BCUT2D eigenvalue weighted by Gasteiger charge is 2.39. The molecule has 2 atom stereocenters. The molecule has 0 aliphatic carbocycles. The van der Waals surface area contributed by atoms with Crippen molar-refractivity contribution in [3.05, 3.63) is 107 Å². The van der Waals surface area contributed by atoms with Crippen LogP contribution in [0.15, 0.2) is 85.2 Å². The molecule has 1 saturated heterocycles. The first kappa shape index (κ1) is 27.2. The average molecular weight is 559 g/mol. The molecule has 1 aliphatic rings. The third-order valence-electron chi connectivity index (χ3n) is 6.88. The average Bonchev–Trinajstić information content (AvgIpc) is 3.51. The number of anilines is 1. The molecule has 3 N–H and O–H groups in total. The number of aliphatic hydroxyl groups is 2. The summed E-state index contributed by atoms with van der Waals surface area (Å²) in [7, 11) is 0. The lowest BCUT2D eigenvalue weighted by Crippen LogP contribution is -2.53. The fraction of sp³-hybridized carbons (Fsp3) is 0.207. The number of carbonyl (C=O) groups is 2. The highest BCUT2D eigenvalue weighted by Crippen LogP contribution is 2.34. The van der Waals surface area contributed by atoms with Crippen molar-refractivity contribution in [1.29, 1.82) is 0 Å². The summed E-state index contributed by atoms with van der Waals surface area (Å²) >= 11 is 6.23. The van der Waals surface area contributed by atoms with Crippen LogP contribution in [0, 0.1) is 0 Å². The smallest absolute Gasteiger partial charge is 0.247 e. The number of nitrogens with one attached hydrogen (secondary N) is 1. The van der Waals surface area contributed by atoms with Gasteiger partial charge in [-0.25, -0.2) is 0 Å². The second-order valence-corrected chi connectivity index (χ2v) is 9.85. The number of tetrazole rings is 1. The first-order valence-corrected chi connectivity index (χ1v) is 13.1. The van der Waals surface area contributed by atoms with E-state index in [0.29, 0.717) is 34.1 Å². The third kappa shape index (κ3) is 6.09. The van der Waals surface area contributed by atoms with E-state index in [1.54, 1.807) is 41.3 Å². The van der Waals surface area contributed by atoms with Crippen molar-refractivity contribution in [2.45, 2.75) is 31.1 Å². The van der Waals surface area contributed by atoms with Gasteiger partial charge in [-0.05, 0) is 65.2 Å². The fourth-order valence-corrected chi connectivity index (χ4v) is 5.15. The number of hydrogen-bond acceptors (Lipinski definition) is 7. The number of carbonyl (C=O) groups excluding carboxylic acids is 2. The summed E-state index contributed by atoms with van der Waals surface area (Å²) in [6.45, 7) is 0.412. The highest BCUT2D eigenvalue weighted by atomic mass is 35.5. The molecule has 0 radical (unpaired) electrons. The van der Waals surface area contributed by atoms with Gasteiger partial charge >= 0.3 is 0 Å². The molecule has 0 bridgehead atoms. The molecular formula is C29H27ClN6O4. The van der Waals surface area contributed by atoms with Crippen molar-refractivity contribution in [1.82, 2.24) is 25.1 Å². The predicted molar refractivity (Wildman–Crippen MR) is 149 cm³/mol. The summed E-state index contributed by atoms with van der Waals surface area (Å²) in [5.74, 6) is -0.860. The van der Waals surface area contributed by atoms with E-state index in [9.17, 15) is 19.8 Å². The molecule has 2 heterocycles. The van der Waals surface area contributed by atoms with Gasteiger partial charge in [-0.3, -0.25) is 9.59 Å². The van der Waals surface area contributed by atoms with Gasteiger partial charge < -0.3 is 20.4 Å². The number of hydrogen-bond donors (Lipinski definition) is 3. The van der Waals surface area contributed by atoms with E-state index in [1.807, 2.05) is 30.3 Å². The molecule has 5 rings (SSSR count). The summed E-state index contributed by atoms with van der Waals surface area (Å²) in [5.41, 5.74) is 3.04. The number of aromatic nitrogens is 4. The molecule has 2 amide bonds. The van der Waals surface area contributed by atoms with Gasteiger partial charge in [0, 0.05) is 40.4 Å². The maximum absolute atomic E-state index is 13.7. The molecular weight excluding hydrogens is 532 g/mol. The molecule has 1 aromatic heterocycles. The Morgan fingerprint density at radius 2 is 1.82 bits per heavy atom. The lowest BCUT2D eigenvalue weighted by atomic mass is 9.82. The van der Waals surface area contributed by atoms with Gasteiger partial charge in [-0.15, -0.1) is 5.10 Å². The summed E-state index contributed by atoms with van der Waals surface area (Å²) in [4.78, 5) is 29.0. The first-order valence-electron chi connectivity index (χ1n) is 12.7. The van der Waals surface area contributed by atoms with Crippen molar-refractivity contribution < 1.29 is 19.8 Å². The predicted octanol–water partition coefficient (Wildman–Crippen LogP) is 3.73. The quantitative estimate of drug-likeness (QED) is 0.232. The van der Waals surface area contributed by atoms with E-state index in [1.165, 1.54) is 29.2 Å². The van der Waals surface area contributed by atoms with E-state index in [4.69, 9.17) is 11.6 Å². The Bertz CT molecular complexity index is 1490. The monoisotopic (exact) mass is 558 g/mol. The van der Waals surface area contributed by atoms with E-state index in [2.05, 4.69) is 20.8 Å². The maximum Gasteiger partial charge on any atom is 0.247 e. The zero-order valence-corrected chi connectivity index (χ0v) is 22.1. The standard InChI is InChI=1S/C29H27ClN6O4/c30-22-11-14-25(36-18-31-33-34-36)21(17-22)10-15-26(37)35-16-4-7-24(19-5-2-1-3-6-19)27(35)28(38)32-23-12-8-20(9-13-23)29(39)40/h1-3,5-6,8-15,17-18,24,27,29,39-40H,4,7,16H2,(H,32,38). The molecule has 2 unspecified atom stereocenters. The number of nitrogens with zero attached hydrogens (tertiary/aromatic N) is 5. The zero-order chi connectivity index (χ0) is 28.1. The summed E-state index contributed by atoms with van der Waals surface area (Å²) in [6.07, 6.45) is 4.40. The van der Waals surface area contributed by atoms with Crippen molar-refractivity contribution in [2.24, 2.45) is 0 Å². The van der Waals surface area contributed by atoms with Crippen LogP contribution in [0.2, 0.25) is 5.02 Å². The minimum absolute atomic E-state index is 0.214. The molecule has 10 nitrogen and oxygen atoms in total. The topological polar surface area (TPSA) is 133 Å². The summed E-state index contributed by atoms with van der Waals surface area (Å²) in [6, 6.07) is 20.3. The minimum atomic E-state index is -1.61. The fourth-order valence-electron chi connectivity index (χ4n) is 4.97. The van der Waals surface area contributed by atoms with Gasteiger partial charge in [0.1, 0.15) is 12.4 Å². The van der Waals surface area contributed by atoms with E-state index < -0.39 is 12.3 Å². The molecule has 3 aromatic carbocycles. The number of aliphatic hydroxyl groups excluding tert-OH is 1. The van der Waals surface area contributed by atoms with Crippen molar-refractivity contribution in [3.8, 4) is 5.69 Å². The molecule has 0 spiro atoms. The number of rotatable bonds is 7. The van der Waals surface area contributed by atoms with Gasteiger partial charge in [-0.2, -0.15) is 4.68 Å². The van der Waals surface area contributed by atoms with Crippen molar-refractivity contribution in [2.75, 3.05) is 11.9 Å². The Morgan fingerprint density at radius 1 is 1.05 bits per heavy atom. The van der Waals surface area contributed by atoms with Crippen molar-refractivity contribution in [3.63, 3.8) is 0 Å². The van der Waals surface area contributed by atoms with Crippen LogP contribution in [0.5, 0.6) is 0 Å². The van der Waals surface area contributed by atoms with Crippen LogP contribution in [-0.4, -0.2) is 59.7 Å². The lowest BCUT2D eigenvalue weighted by molar-refractivity contribution is -0.137. The van der Waals surface area contributed by atoms with Crippen LogP contribution in [0.25, 0.3) is 11.8 Å². The van der Waals surface area contributed by atoms with Gasteiger partial charge in [0.15, 0.2) is 6.29 Å². The number of benzene rings is 3. The van der Waals surface area contributed by atoms with Crippen LogP contribution in [-0.2, 0) is 9.59 Å². The van der Waals surface area contributed by atoms with Crippen LogP contribution in [0.3, 0.4) is 0 Å². The molecule has 11 heteroatoms. The number of halogens is 1. The third-order valence-corrected chi connectivity index (χ3v) is 7.11. The molecule has 204 valence electrons. The summed E-state index contributed by atoms with van der Waals surface area (Å²) < 4.78 is 1.48. The second-order valence-electron chi connectivity index (χ2n) is 9.41. The van der Waals surface area contributed by atoms with Gasteiger partial charge in [0.05, 0.1) is 5.69 Å². The zero-order valence-electron chi connectivity index (χ0n) is 21.3. The Morgan fingerprint density at radius 3 is 2.52 bits per heavy atom. The SMILES string of the molecule is O=C(Nc1ccc(C(O)O)cc1)C1C(c2ccccc2)CCCN1C(=O)C=Cc1cc(Cl)ccc1-n1cnnn1. The van der Waals surface area contributed by atoms with Crippen LogP contribution in [0.4, 0.5) is 5.69 Å². The minimum Gasteiger partial charge on any atom is -0.364 e. The van der Waals surface area contributed by atoms with E-state index in [-0.39, 0.29) is 17.7 Å². The largest absolute Gasteiger partial charge is 0.364 e. The van der Waals surface area contributed by atoms with Gasteiger partial charge in [0.25, 0.3) is 0 Å². The Balaban J connectivity index is 1.44. The van der Waals surface area contributed by atoms with Crippen LogP contribution < -0.4 is 5.32 Å². The molecule has 0 saturated carbocycles. The van der Waals surface area contributed by atoms with Crippen molar-refractivity contribution >= 4 is 35.2 Å². The van der Waals surface area contributed by atoms with Gasteiger partial charge in [-0.1, -0.05) is 54.1 Å². The normalized spacial score (nSPS) is 17.4. The number of piperidine rings is 1. The molecule has 1 fully saturated rings. The number of amides is 2. The second kappa shape index (κ2) is 12.2. The van der Waals surface area contributed by atoms with Gasteiger partial charge in [0.2, 0.25) is 11.8 Å². The molecule has 1 aliphatic heterocycles. The van der Waals surface area contributed by atoms with Crippen LogP contribution >= 0.6 is 11.6 Å². The first-order chi connectivity index (χ1) is 19.4. The molecule has 40 heavy (non-hydrogen) atoms. The Kier molecular flexibility index (Phi) is 8.30. The number of likely N-dealkylation sites (tertiary alicyclic amines) is 1. The van der Waals surface area contributed by atoms with E-state index >= 15 is 0 Å². The lowest BCUT2D eigenvalue weighted by Gasteiger charge is -2.40. The Hall–Kier alpha value is -4.38. The summed E-state index contributed by atoms with van der Waals surface area (Å²) in [5, 5.41) is 33.4. The molecule has 4 aromatic rings. The Labute approximate surface area is 235 Å². The highest BCUT2D eigenvalue weighted by molar-refractivity contribution is 6.30. The van der Waals surface area contributed by atoms with E-state index in [0.717, 1.165) is 18.4 Å².